The minimum atomic E-state index is -0.398. The van der Waals surface area contributed by atoms with E-state index in [2.05, 4.69) is 23.1 Å². The van der Waals surface area contributed by atoms with Crippen LogP contribution in [0, 0.1) is 11.3 Å². The molecule has 0 saturated carbocycles. The third-order valence-corrected chi connectivity index (χ3v) is 6.99. The summed E-state index contributed by atoms with van der Waals surface area (Å²) in [5.41, 5.74) is 11.5. The monoisotopic (exact) mass is 499 g/mol. The van der Waals surface area contributed by atoms with Gasteiger partial charge in [-0.25, -0.2) is 0 Å². The number of halogens is 2. The van der Waals surface area contributed by atoms with Crippen LogP contribution in [0.5, 0.6) is 0 Å². The van der Waals surface area contributed by atoms with Gasteiger partial charge in [-0.15, -0.1) is 0 Å². The van der Waals surface area contributed by atoms with Crippen molar-refractivity contribution >= 4 is 29.3 Å². The molecular formula is C29H23Cl2N3O. The molecule has 2 aliphatic rings. The molecule has 0 fully saturated rings. The van der Waals surface area contributed by atoms with Gasteiger partial charge in [0, 0.05) is 35.3 Å². The van der Waals surface area contributed by atoms with Crippen molar-refractivity contribution in [1.29, 1.82) is 5.26 Å². The number of ether oxygens (including phenoxy) is 1. The fraction of sp³-hybridized carbons (Fsp3) is 0.138. The second-order valence-electron chi connectivity index (χ2n) is 8.62. The van der Waals surface area contributed by atoms with Crippen molar-refractivity contribution in [3.8, 4) is 6.07 Å². The molecule has 174 valence electrons. The lowest BCUT2D eigenvalue weighted by atomic mass is 9.80. The van der Waals surface area contributed by atoms with Crippen LogP contribution >= 0.6 is 23.2 Å². The van der Waals surface area contributed by atoms with Crippen LogP contribution in [-0.4, -0.2) is 18.0 Å². The first-order chi connectivity index (χ1) is 17.0. The molecule has 1 atom stereocenters. The molecule has 2 N–H and O–H groups in total. The zero-order valence-electron chi connectivity index (χ0n) is 18.9. The second kappa shape index (κ2) is 10.0. The Morgan fingerprint density at radius 3 is 2.34 bits per heavy atom. The van der Waals surface area contributed by atoms with Gasteiger partial charge in [-0.2, -0.15) is 5.26 Å². The summed E-state index contributed by atoms with van der Waals surface area (Å²) in [7, 11) is 0. The lowest BCUT2D eigenvalue weighted by Crippen LogP contribution is -2.37. The van der Waals surface area contributed by atoms with Crippen molar-refractivity contribution in [2.75, 3.05) is 13.1 Å². The molecule has 0 saturated heterocycles. The van der Waals surface area contributed by atoms with Crippen LogP contribution in [0.3, 0.4) is 0 Å². The normalized spacial score (nSPS) is 19.3. The molecule has 0 unspecified atom stereocenters. The number of nitrogens with zero attached hydrogens (tertiary/aromatic N) is 2. The van der Waals surface area contributed by atoms with Gasteiger partial charge in [0.05, 0.1) is 5.92 Å². The second-order valence-corrected chi connectivity index (χ2v) is 9.44. The van der Waals surface area contributed by atoms with Crippen LogP contribution in [0.15, 0.2) is 107 Å². The molecule has 0 radical (unpaired) electrons. The average molecular weight is 500 g/mol. The number of benzene rings is 3. The van der Waals surface area contributed by atoms with E-state index in [0.29, 0.717) is 34.5 Å². The molecule has 2 heterocycles. The standard InChI is InChI=1S/C29H23Cl2N3O/c30-25-12-6-4-10-20(25)14-21-17-34(16-19-8-2-1-3-9-19)18-24-27(22-11-5-7-13-26(22)31)23(15-32)29(33)35-28(21)24/h1-14,27H,16-18,33H2/b21-14+/t27-/m1/s1. The Kier molecular flexibility index (Phi) is 6.66. The Morgan fingerprint density at radius 1 is 0.943 bits per heavy atom. The van der Waals surface area contributed by atoms with E-state index in [1.54, 1.807) is 0 Å². The molecule has 0 aliphatic carbocycles. The quantitative estimate of drug-likeness (QED) is 0.436. The molecule has 0 aromatic heterocycles. The minimum absolute atomic E-state index is 0.109. The van der Waals surface area contributed by atoms with Crippen LogP contribution in [0.1, 0.15) is 22.6 Å². The summed E-state index contributed by atoms with van der Waals surface area (Å²) in [5.74, 6) is 0.402. The summed E-state index contributed by atoms with van der Waals surface area (Å²) >= 11 is 13.1. The third-order valence-electron chi connectivity index (χ3n) is 6.31. The number of allylic oxidation sites excluding steroid dienone is 1. The number of nitrogens with two attached hydrogens (primary N) is 1. The SMILES string of the molecule is N#CC1=C(N)OC2=C(CN(Cc3ccccc3)C/C2=C\c2ccccc2Cl)[C@@H]1c1ccccc1Cl. The van der Waals surface area contributed by atoms with Crippen molar-refractivity contribution in [2.24, 2.45) is 5.73 Å². The molecule has 35 heavy (non-hydrogen) atoms. The van der Waals surface area contributed by atoms with E-state index < -0.39 is 5.92 Å². The third kappa shape index (κ3) is 4.72. The van der Waals surface area contributed by atoms with Crippen molar-refractivity contribution < 1.29 is 4.74 Å². The molecular weight excluding hydrogens is 477 g/mol. The Labute approximate surface area is 215 Å². The van der Waals surface area contributed by atoms with Crippen molar-refractivity contribution in [2.45, 2.75) is 12.5 Å². The van der Waals surface area contributed by atoms with Crippen LogP contribution in [-0.2, 0) is 11.3 Å². The van der Waals surface area contributed by atoms with Gasteiger partial charge in [0.1, 0.15) is 17.4 Å². The van der Waals surface area contributed by atoms with E-state index in [4.69, 9.17) is 33.7 Å². The van der Waals surface area contributed by atoms with E-state index in [1.165, 1.54) is 5.56 Å². The molecule has 2 aliphatic heterocycles. The first-order valence-corrected chi connectivity index (χ1v) is 12.1. The molecule has 0 bridgehead atoms. The predicted octanol–water partition coefficient (Wildman–Crippen LogP) is 6.65. The van der Waals surface area contributed by atoms with Gasteiger partial charge in [-0.3, -0.25) is 4.90 Å². The highest BCUT2D eigenvalue weighted by molar-refractivity contribution is 6.32. The maximum absolute atomic E-state index is 10.0. The molecule has 0 spiro atoms. The molecule has 0 amide bonds. The van der Waals surface area contributed by atoms with Crippen molar-refractivity contribution in [1.82, 2.24) is 4.90 Å². The van der Waals surface area contributed by atoms with E-state index in [1.807, 2.05) is 72.8 Å². The zero-order valence-corrected chi connectivity index (χ0v) is 20.4. The van der Waals surface area contributed by atoms with Gasteiger partial charge >= 0.3 is 0 Å². The van der Waals surface area contributed by atoms with Crippen molar-refractivity contribution in [3.63, 3.8) is 0 Å². The summed E-state index contributed by atoms with van der Waals surface area (Å²) in [6, 6.07) is 27.9. The van der Waals surface area contributed by atoms with Crippen LogP contribution < -0.4 is 5.73 Å². The summed E-state index contributed by atoms with van der Waals surface area (Å²) in [6.45, 7) is 2.00. The topological polar surface area (TPSA) is 62.3 Å². The largest absolute Gasteiger partial charge is 0.440 e. The van der Waals surface area contributed by atoms with Crippen molar-refractivity contribution in [3.05, 3.63) is 134 Å². The summed E-state index contributed by atoms with van der Waals surface area (Å²) in [4.78, 5) is 2.33. The summed E-state index contributed by atoms with van der Waals surface area (Å²) < 4.78 is 6.14. The Hall–Kier alpha value is -3.49. The fourth-order valence-corrected chi connectivity index (χ4v) is 5.17. The van der Waals surface area contributed by atoms with Crippen LogP contribution in [0.4, 0.5) is 0 Å². The van der Waals surface area contributed by atoms with Gasteiger partial charge in [-0.05, 0) is 40.5 Å². The highest BCUT2D eigenvalue weighted by Crippen LogP contribution is 2.45. The van der Waals surface area contributed by atoms with Gasteiger partial charge in [0.25, 0.3) is 0 Å². The van der Waals surface area contributed by atoms with E-state index in [0.717, 1.165) is 28.8 Å². The highest BCUT2D eigenvalue weighted by Gasteiger charge is 2.38. The van der Waals surface area contributed by atoms with Gasteiger partial charge in [0.15, 0.2) is 0 Å². The van der Waals surface area contributed by atoms with Gasteiger partial charge in [-0.1, -0.05) is 89.9 Å². The minimum Gasteiger partial charge on any atom is -0.440 e. The maximum Gasteiger partial charge on any atom is 0.205 e. The van der Waals surface area contributed by atoms with E-state index >= 15 is 0 Å². The molecule has 3 aromatic rings. The molecule has 4 nitrogen and oxygen atoms in total. The first-order valence-electron chi connectivity index (χ1n) is 11.3. The maximum atomic E-state index is 10.0. The van der Waals surface area contributed by atoms with E-state index in [-0.39, 0.29) is 5.88 Å². The lowest BCUT2D eigenvalue weighted by Gasteiger charge is -2.38. The molecule has 5 rings (SSSR count). The fourth-order valence-electron chi connectivity index (χ4n) is 4.74. The number of hydrogen-bond acceptors (Lipinski definition) is 4. The average Bonchev–Trinajstić information content (AvgIpc) is 2.86. The lowest BCUT2D eigenvalue weighted by molar-refractivity contribution is 0.230. The number of hydrogen-bond donors (Lipinski definition) is 1. The summed E-state index contributed by atoms with van der Waals surface area (Å²) in [5, 5.41) is 11.3. The van der Waals surface area contributed by atoms with Crippen LogP contribution in [0.25, 0.3) is 6.08 Å². The zero-order chi connectivity index (χ0) is 24.4. The first kappa shape index (κ1) is 23.3. The predicted molar refractivity (Wildman–Crippen MR) is 140 cm³/mol. The molecule has 6 heteroatoms. The number of nitriles is 1. The Balaban J connectivity index is 1.66. The smallest absolute Gasteiger partial charge is 0.205 e. The highest BCUT2D eigenvalue weighted by atomic mass is 35.5. The Bertz CT molecular complexity index is 1400. The Morgan fingerprint density at radius 2 is 1.63 bits per heavy atom. The van der Waals surface area contributed by atoms with E-state index in [9.17, 15) is 5.26 Å². The van der Waals surface area contributed by atoms with Gasteiger partial charge in [0.2, 0.25) is 5.88 Å². The summed E-state index contributed by atoms with van der Waals surface area (Å²) in [6.07, 6.45) is 2.04. The number of rotatable bonds is 4. The van der Waals surface area contributed by atoms with Gasteiger partial charge < -0.3 is 10.5 Å². The van der Waals surface area contributed by atoms with Crippen LogP contribution in [0.2, 0.25) is 10.0 Å². The molecule has 3 aromatic carbocycles.